The van der Waals surface area contributed by atoms with Crippen LogP contribution in [0.4, 0.5) is 5.82 Å². The van der Waals surface area contributed by atoms with Crippen molar-refractivity contribution in [2.75, 3.05) is 57.8 Å². The third kappa shape index (κ3) is 5.23. The second-order valence-corrected chi connectivity index (χ2v) is 10.7. The van der Waals surface area contributed by atoms with Gasteiger partial charge < -0.3 is 24.5 Å². The highest BCUT2D eigenvalue weighted by atomic mass is 35.5. The van der Waals surface area contributed by atoms with Crippen LogP contribution in [0.1, 0.15) is 60.9 Å². The molecule has 2 aliphatic heterocycles. The minimum absolute atomic E-state index is 0.169. The molecule has 1 amide bonds. The first-order valence-corrected chi connectivity index (χ1v) is 13.4. The molecule has 0 saturated carbocycles. The number of carbonyl (C=O) groups is 1. The van der Waals surface area contributed by atoms with Crippen LogP contribution >= 0.6 is 11.6 Å². The standard InChI is InChI=1S/C27H36ClN5O3/c1-18-15-23(34)25-24(18)26(30-17-29-25)32-11-13-33(14-12-32)27(35)22(19-3-5-20(28)6-4-19)16-31-9-7-21(36-2)8-10-31/h3-6,17-18,21-23,34H,7-16H2,1-2H3/t18?,22-,23+/m0/s1. The maximum Gasteiger partial charge on any atom is 0.231 e. The number of benzene rings is 1. The quantitative estimate of drug-likeness (QED) is 0.635. The molecule has 2 aromatic rings. The van der Waals surface area contributed by atoms with Crippen molar-refractivity contribution in [1.29, 1.82) is 0 Å². The third-order valence-corrected chi connectivity index (χ3v) is 8.30. The molecule has 1 N–H and O–H groups in total. The summed E-state index contributed by atoms with van der Waals surface area (Å²) < 4.78 is 5.53. The predicted molar refractivity (Wildman–Crippen MR) is 139 cm³/mol. The highest BCUT2D eigenvalue weighted by Crippen LogP contribution is 2.42. The molecule has 0 bridgehead atoms. The minimum atomic E-state index is -0.520. The molecule has 1 aliphatic carbocycles. The Labute approximate surface area is 218 Å². The number of rotatable bonds is 6. The maximum atomic E-state index is 13.9. The van der Waals surface area contributed by atoms with Crippen molar-refractivity contribution in [3.8, 4) is 0 Å². The van der Waals surface area contributed by atoms with Crippen LogP contribution in [0.15, 0.2) is 30.6 Å². The molecule has 1 aromatic carbocycles. The molecule has 2 saturated heterocycles. The molecule has 1 aromatic heterocycles. The van der Waals surface area contributed by atoms with E-state index in [4.69, 9.17) is 16.3 Å². The Morgan fingerprint density at radius 3 is 2.47 bits per heavy atom. The molecule has 3 heterocycles. The van der Waals surface area contributed by atoms with Crippen molar-refractivity contribution >= 4 is 23.3 Å². The molecular formula is C27H36ClN5O3. The number of amides is 1. The normalized spacial score (nSPS) is 24.1. The van der Waals surface area contributed by atoms with Gasteiger partial charge in [-0.25, -0.2) is 9.97 Å². The number of aliphatic hydroxyl groups excluding tert-OH is 1. The summed E-state index contributed by atoms with van der Waals surface area (Å²) in [7, 11) is 1.78. The number of piperazine rings is 1. The summed E-state index contributed by atoms with van der Waals surface area (Å²) in [6.07, 6.45) is 4.01. The Morgan fingerprint density at radius 1 is 1.11 bits per heavy atom. The maximum absolute atomic E-state index is 13.9. The van der Waals surface area contributed by atoms with Crippen molar-refractivity contribution in [2.45, 2.75) is 50.2 Å². The number of halogens is 1. The number of methoxy groups -OCH3 is 1. The Morgan fingerprint density at radius 2 is 1.81 bits per heavy atom. The van der Waals surface area contributed by atoms with Crippen molar-refractivity contribution in [3.63, 3.8) is 0 Å². The van der Waals surface area contributed by atoms with E-state index in [0.29, 0.717) is 50.3 Å². The molecule has 9 heteroatoms. The molecule has 8 nitrogen and oxygen atoms in total. The second-order valence-electron chi connectivity index (χ2n) is 10.3. The lowest BCUT2D eigenvalue weighted by atomic mass is 9.95. The lowest BCUT2D eigenvalue weighted by molar-refractivity contribution is -0.133. The number of hydrogen-bond acceptors (Lipinski definition) is 7. The molecule has 0 radical (unpaired) electrons. The molecular weight excluding hydrogens is 478 g/mol. The number of ether oxygens (including phenoxy) is 1. The molecule has 36 heavy (non-hydrogen) atoms. The van der Waals surface area contributed by atoms with Crippen LogP contribution in [0, 0.1) is 0 Å². The summed E-state index contributed by atoms with van der Waals surface area (Å²) >= 11 is 6.15. The molecule has 5 rings (SSSR count). The Balaban J connectivity index is 1.28. The summed E-state index contributed by atoms with van der Waals surface area (Å²) in [6.45, 7) is 7.41. The highest BCUT2D eigenvalue weighted by Gasteiger charge is 2.35. The van der Waals surface area contributed by atoms with Gasteiger partial charge in [0.2, 0.25) is 5.91 Å². The Hall–Kier alpha value is -2.26. The number of aliphatic hydroxyl groups is 1. The van der Waals surface area contributed by atoms with E-state index < -0.39 is 6.10 Å². The summed E-state index contributed by atoms with van der Waals surface area (Å²) in [5.41, 5.74) is 2.83. The predicted octanol–water partition coefficient (Wildman–Crippen LogP) is 3.21. The lowest BCUT2D eigenvalue weighted by Crippen LogP contribution is -2.52. The number of fused-ring (bicyclic) bond motifs is 1. The van der Waals surface area contributed by atoms with E-state index in [1.165, 1.54) is 0 Å². The van der Waals surface area contributed by atoms with Gasteiger partial charge in [-0.05, 0) is 42.9 Å². The molecule has 3 atom stereocenters. The van der Waals surface area contributed by atoms with Crippen molar-refractivity contribution in [1.82, 2.24) is 19.8 Å². The first kappa shape index (κ1) is 25.4. The van der Waals surface area contributed by atoms with Gasteiger partial charge in [-0.15, -0.1) is 0 Å². The van der Waals surface area contributed by atoms with E-state index >= 15 is 0 Å². The SMILES string of the molecule is COC1CCN(C[C@H](C(=O)N2CCN(c3ncnc4c3C(C)C[C@H]4O)CC2)c2ccc(Cl)cc2)CC1. The fourth-order valence-corrected chi connectivity index (χ4v) is 6.05. The van der Waals surface area contributed by atoms with Crippen LogP contribution in [0.3, 0.4) is 0 Å². The molecule has 3 aliphatic rings. The van der Waals surface area contributed by atoms with E-state index in [1.807, 2.05) is 29.2 Å². The molecule has 0 spiro atoms. The number of nitrogens with zero attached hydrogens (tertiary/aromatic N) is 5. The van der Waals surface area contributed by atoms with Crippen LogP contribution in [-0.2, 0) is 9.53 Å². The number of carbonyl (C=O) groups excluding carboxylic acids is 1. The summed E-state index contributed by atoms with van der Waals surface area (Å²) in [5.74, 6) is 1.07. The monoisotopic (exact) mass is 513 g/mol. The van der Waals surface area contributed by atoms with Gasteiger partial charge in [-0.2, -0.15) is 0 Å². The summed E-state index contributed by atoms with van der Waals surface area (Å²) in [6, 6.07) is 7.72. The summed E-state index contributed by atoms with van der Waals surface area (Å²) in [4.78, 5) is 29.4. The summed E-state index contributed by atoms with van der Waals surface area (Å²) in [5, 5.41) is 11.0. The first-order valence-electron chi connectivity index (χ1n) is 13.0. The zero-order chi connectivity index (χ0) is 25.2. The van der Waals surface area contributed by atoms with Crippen LogP contribution in [0.5, 0.6) is 0 Å². The van der Waals surface area contributed by atoms with Gasteiger partial charge in [0.25, 0.3) is 0 Å². The fraction of sp³-hybridized carbons (Fsp3) is 0.593. The van der Waals surface area contributed by atoms with Crippen LogP contribution in [0.2, 0.25) is 5.02 Å². The zero-order valence-corrected chi connectivity index (χ0v) is 21.9. The lowest BCUT2D eigenvalue weighted by Gasteiger charge is -2.39. The highest BCUT2D eigenvalue weighted by molar-refractivity contribution is 6.30. The average molecular weight is 514 g/mol. The van der Waals surface area contributed by atoms with Gasteiger partial charge in [0, 0.05) is 63.5 Å². The van der Waals surface area contributed by atoms with Crippen LogP contribution in [0.25, 0.3) is 0 Å². The number of anilines is 1. The van der Waals surface area contributed by atoms with Gasteiger partial charge >= 0.3 is 0 Å². The van der Waals surface area contributed by atoms with Crippen LogP contribution in [-0.4, -0.2) is 89.8 Å². The minimum Gasteiger partial charge on any atom is -0.387 e. The number of hydrogen-bond donors (Lipinski definition) is 1. The van der Waals surface area contributed by atoms with Gasteiger partial charge in [0.15, 0.2) is 0 Å². The number of likely N-dealkylation sites (tertiary alicyclic amines) is 1. The molecule has 2 fully saturated rings. The van der Waals surface area contributed by atoms with Gasteiger partial charge in [-0.3, -0.25) is 4.79 Å². The smallest absolute Gasteiger partial charge is 0.231 e. The first-order chi connectivity index (χ1) is 17.4. The van der Waals surface area contributed by atoms with Gasteiger partial charge in [0.05, 0.1) is 23.8 Å². The van der Waals surface area contributed by atoms with Gasteiger partial charge in [0.1, 0.15) is 12.1 Å². The Kier molecular flexibility index (Phi) is 7.76. The van der Waals surface area contributed by atoms with E-state index in [-0.39, 0.29) is 17.7 Å². The average Bonchev–Trinajstić information content (AvgIpc) is 3.21. The molecule has 1 unspecified atom stereocenters. The van der Waals surface area contributed by atoms with E-state index in [9.17, 15) is 9.90 Å². The van der Waals surface area contributed by atoms with Crippen molar-refractivity contribution in [2.24, 2.45) is 0 Å². The van der Waals surface area contributed by atoms with E-state index in [0.717, 1.165) is 48.6 Å². The third-order valence-electron chi connectivity index (χ3n) is 8.05. The van der Waals surface area contributed by atoms with E-state index in [1.54, 1.807) is 13.4 Å². The zero-order valence-electron chi connectivity index (χ0n) is 21.1. The largest absolute Gasteiger partial charge is 0.387 e. The number of aromatic nitrogens is 2. The second kappa shape index (κ2) is 11.0. The topological polar surface area (TPSA) is 82.0 Å². The van der Waals surface area contributed by atoms with Crippen LogP contribution < -0.4 is 4.90 Å². The fourth-order valence-electron chi connectivity index (χ4n) is 5.92. The van der Waals surface area contributed by atoms with Crippen molar-refractivity contribution < 1.29 is 14.6 Å². The van der Waals surface area contributed by atoms with Gasteiger partial charge in [-0.1, -0.05) is 30.7 Å². The van der Waals surface area contributed by atoms with Crippen molar-refractivity contribution in [3.05, 3.63) is 52.4 Å². The van der Waals surface area contributed by atoms with E-state index in [2.05, 4.69) is 26.7 Å². The molecule has 194 valence electrons. The number of piperidine rings is 1. The Bertz CT molecular complexity index is 1050.